The summed E-state index contributed by atoms with van der Waals surface area (Å²) in [5.74, 6) is 0. The molecule has 0 aliphatic heterocycles. The van der Waals surface area contributed by atoms with E-state index in [0.29, 0.717) is 0 Å². The van der Waals surface area contributed by atoms with Crippen LogP contribution in [0.3, 0.4) is 0 Å². The lowest BCUT2D eigenvalue weighted by Crippen LogP contribution is -2.15. The van der Waals surface area contributed by atoms with Gasteiger partial charge >= 0.3 is 0 Å². The standard InChI is InChI=1S/C20H28N2/c1-3-5-6-10-17-21-18-13-15-20(16-14-18)22(4-2)19-11-8-7-9-12-19/h7-9,11-16,21H,3-6,10,17H2,1-2H3. The second-order valence-electron chi connectivity index (χ2n) is 5.61. The average Bonchev–Trinajstić information content (AvgIpc) is 2.58. The summed E-state index contributed by atoms with van der Waals surface area (Å²) in [5, 5.41) is 3.51. The minimum Gasteiger partial charge on any atom is -0.385 e. The van der Waals surface area contributed by atoms with Crippen LogP contribution in [0.1, 0.15) is 39.5 Å². The molecule has 0 saturated heterocycles. The maximum Gasteiger partial charge on any atom is 0.0412 e. The Morgan fingerprint density at radius 2 is 1.45 bits per heavy atom. The molecule has 0 saturated carbocycles. The number of anilines is 3. The largest absolute Gasteiger partial charge is 0.385 e. The van der Waals surface area contributed by atoms with Gasteiger partial charge in [-0.2, -0.15) is 0 Å². The predicted octanol–water partition coefficient (Wildman–Crippen LogP) is 5.84. The van der Waals surface area contributed by atoms with Gasteiger partial charge in [-0.15, -0.1) is 0 Å². The Hall–Kier alpha value is -1.96. The zero-order valence-corrected chi connectivity index (χ0v) is 13.9. The van der Waals surface area contributed by atoms with Gasteiger partial charge in [0.15, 0.2) is 0 Å². The van der Waals surface area contributed by atoms with Crippen molar-refractivity contribution in [1.29, 1.82) is 0 Å². The summed E-state index contributed by atoms with van der Waals surface area (Å²) in [7, 11) is 0. The Kier molecular flexibility index (Phi) is 6.82. The van der Waals surface area contributed by atoms with E-state index in [1.807, 2.05) is 0 Å². The second-order valence-corrected chi connectivity index (χ2v) is 5.61. The molecule has 0 fully saturated rings. The van der Waals surface area contributed by atoms with Crippen molar-refractivity contribution < 1.29 is 0 Å². The van der Waals surface area contributed by atoms with Gasteiger partial charge in [0.25, 0.3) is 0 Å². The number of nitrogens with zero attached hydrogens (tertiary/aromatic N) is 1. The van der Waals surface area contributed by atoms with Crippen molar-refractivity contribution >= 4 is 17.1 Å². The van der Waals surface area contributed by atoms with Crippen LogP contribution in [-0.2, 0) is 0 Å². The Bertz CT molecular complexity index is 519. The number of benzene rings is 2. The summed E-state index contributed by atoms with van der Waals surface area (Å²) in [5.41, 5.74) is 3.69. The van der Waals surface area contributed by atoms with Crippen molar-refractivity contribution in [3.63, 3.8) is 0 Å². The molecule has 1 N–H and O–H groups in total. The van der Waals surface area contributed by atoms with Gasteiger partial charge in [-0.25, -0.2) is 0 Å². The molecule has 2 nitrogen and oxygen atoms in total. The van der Waals surface area contributed by atoms with Crippen LogP contribution in [0, 0.1) is 0 Å². The van der Waals surface area contributed by atoms with Crippen LogP contribution < -0.4 is 10.2 Å². The lowest BCUT2D eigenvalue weighted by Gasteiger charge is -2.23. The van der Waals surface area contributed by atoms with Crippen molar-refractivity contribution in [2.75, 3.05) is 23.3 Å². The van der Waals surface area contributed by atoms with Crippen molar-refractivity contribution in [3.8, 4) is 0 Å². The third-order valence-electron chi connectivity index (χ3n) is 3.92. The summed E-state index contributed by atoms with van der Waals surface area (Å²) in [6.07, 6.45) is 5.20. The van der Waals surface area contributed by atoms with E-state index < -0.39 is 0 Å². The first-order chi connectivity index (χ1) is 10.8. The fraction of sp³-hybridized carbons (Fsp3) is 0.400. The fourth-order valence-electron chi connectivity index (χ4n) is 2.67. The quantitative estimate of drug-likeness (QED) is 0.585. The predicted molar refractivity (Wildman–Crippen MR) is 98.2 cm³/mol. The molecule has 2 aromatic carbocycles. The van der Waals surface area contributed by atoms with Gasteiger partial charge < -0.3 is 10.2 Å². The summed E-state index contributed by atoms with van der Waals surface area (Å²) >= 11 is 0. The van der Waals surface area contributed by atoms with Crippen LogP contribution in [0.15, 0.2) is 54.6 Å². The van der Waals surface area contributed by atoms with Gasteiger partial charge in [0, 0.05) is 30.2 Å². The summed E-state index contributed by atoms with van der Waals surface area (Å²) in [6.45, 7) is 6.47. The molecule has 0 aliphatic carbocycles. The third kappa shape index (κ3) is 4.80. The van der Waals surface area contributed by atoms with Crippen LogP contribution >= 0.6 is 0 Å². The SMILES string of the molecule is CCCCCCNc1ccc(N(CC)c2ccccc2)cc1. The number of rotatable bonds is 9. The highest BCUT2D eigenvalue weighted by Gasteiger charge is 2.06. The minimum atomic E-state index is 0.966. The van der Waals surface area contributed by atoms with E-state index in [0.717, 1.165) is 13.1 Å². The lowest BCUT2D eigenvalue weighted by molar-refractivity contribution is 0.685. The molecule has 0 bridgehead atoms. The number of hydrogen-bond donors (Lipinski definition) is 1. The molecule has 2 aromatic rings. The number of unbranched alkanes of at least 4 members (excludes halogenated alkanes) is 3. The topological polar surface area (TPSA) is 15.3 Å². The molecule has 0 aliphatic rings. The van der Waals surface area contributed by atoms with E-state index in [9.17, 15) is 0 Å². The summed E-state index contributed by atoms with van der Waals surface area (Å²) in [6, 6.07) is 19.3. The monoisotopic (exact) mass is 296 g/mol. The molecule has 0 amide bonds. The van der Waals surface area contributed by atoms with Gasteiger partial charge in [0.2, 0.25) is 0 Å². The van der Waals surface area contributed by atoms with Crippen LogP contribution in [0.25, 0.3) is 0 Å². The number of nitrogens with one attached hydrogen (secondary N) is 1. The molecule has 0 atom stereocenters. The summed E-state index contributed by atoms with van der Waals surface area (Å²) < 4.78 is 0. The zero-order chi connectivity index (χ0) is 15.6. The second kappa shape index (κ2) is 9.14. The van der Waals surface area contributed by atoms with E-state index in [4.69, 9.17) is 0 Å². The minimum absolute atomic E-state index is 0.966. The maximum atomic E-state index is 3.51. The first-order valence-corrected chi connectivity index (χ1v) is 8.51. The Labute approximate surface area is 135 Å². The Balaban J connectivity index is 1.93. The van der Waals surface area contributed by atoms with E-state index in [1.54, 1.807) is 0 Å². The Morgan fingerprint density at radius 3 is 2.09 bits per heavy atom. The summed E-state index contributed by atoms with van der Waals surface area (Å²) in [4.78, 5) is 2.32. The first kappa shape index (κ1) is 16.4. The zero-order valence-electron chi connectivity index (χ0n) is 13.9. The average molecular weight is 296 g/mol. The van der Waals surface area contributed by atoms with Gasteiger partial charge in [-0.3, -0.25) is 0 Å². The highest BCUT2D eigenvalue weighted by atomic mass is 15.1. The molecule has 22 heavy (non-hydrogen) atoms. The number of para-hydroxylation sites is 1. The van der Waals surface area contributed by atoms with Crippen molar-refractivity contribution in [3.05, 3.63) is 54.6 Å². The Morgan fingerprint density at radius 1 is 0.773 bits per heavy atom. The van der Waals surface area contributed by atoms with Gasteiger partial charge in [-0.05, 0) is 49.7 Å². The third-order valence-corrected chi connectivity index (χ3v) is 3.92. The van der Waals surface area contributed by atoms with E-state index in [-0.39, 0.29) is 0 Å². The molecule has 0 unspecified atom stereocenters. The van der Waals surface area contributed by atoms with Gasteiger partial charge in [0.1, 0.15) is 0 Å². The highest BCUT2D eigenvalue weighted by Crippen LogP contribution is 2.26. The normalized spacial score (nSPS) is 10.5. The molecule has 118 valence electrons. The number of hydrogen-bond acceptors (Lipinski definition) is 2. The van der Waals surface area contributed by atoms with E-state index >= 15 is 0 Å². The molecule has 0 radical (unpaired) electrons. The first-order valence-electron chi connectivity index (χ1n) is 8.51. The van der Waals surface area contributed by atoms with Crippen molar-refractivity contribution in [1.82, 2.24) is 0 Å². The van der Waals surface area contributed by atoms with Crippen LogP contribution in [0.5, 0.6) is 0 Å². The fourth-order valence-corrected chi connectivity index (χ4v) is 2.67. The van der Waals surface area contributed by atoms with Crippen molar-refractivity contribution in [2.24, 2.45) is 0 Å². The molecular formula is C20H28N2. The van der Waals surface area contributed by atoms with Crippen LogP contribution in [0.2, 0.25) is 0 Å². The lowest BCUT2D eigenvalue weighted by atomic mass is 10.2. The molecule has 2 rings (SSSR count). The highest BCUT2D eigenvalue weighted by molar-refractivity contribution is 5.65. The van der Waals surface area contributed by atoms with Crippen LogP contribution in [-0.4, -0.2) is 13.1 Å². The molecular weight excluding hydrogens is 268 g/mol. The molecule has 2 heteroatoms. The smallest absolute Gasteiger partial charge is 0.0412 e. The van der Waals surface area contributed by atoms with E-state index in [2.05, 4.69) is 78.7 Å². The van der Waals surface area contributed by atoms with Gasteiger partial charge in [-0.1, -0.05) is 44.4 Å². The molecule has 0 heterocycles. The van der Waals surface area contributed by atoms with Crippen LogP contribution in [0.4, 0.5) is 17.1 Å². The van der Waals surface area contributed by atoms with Crippen molar-refractivity contribution in [2.45, 2.75) is 39.5 Å². The molecule has 0 spiro atoms. The van der Waals surface area contributed by atoms with Gasteiger partial charge in [0.05, 0.1) is 0 Å². The van der Waals surface area contributed by atoms with E-state index in [1.165, 1.54) is 42.7 Å². The molecule has 0 aromatic heterocycles. The maximum absolute atomic E-state index is 3.51.